The van der Waals surface area contributed by atoms with Gasteiger partial charge in [-0.3, -0.25) is 4.89 Å². The lowest BCUT2D eigenvalue weighted by Gasteiger charge is -2.07. The van der Waals surface area contributed by atoms with Crippen molar-refractivity contribution in [1.29, 1.82) is 0 Å². The molecule has 0 rings (SSSR count). The molecule has 6 nitrogen and oxygen atoms in total. The van der Waals surface area contributed by atoms with Gasteiger partial charge in [0.1, 0.15) is 0 Å². The summed E-state index contributed by atoms with van der Waals surface area (Å²) in [4.78, 5) is 29.9. The summed E-state index contributed by atoms with van der Waals surface area (Å²) in [5.74, 6) is 0. The molecule has 0 atom stereocenters. The molecule has 0 aliphatic rings. The number of carbonyl (C=O) groups is 2. The monoisotopic (exact) mass is 206 g/mol. The molecule has 0 heterocycles. The first kappa shape index (κ1) is 12.7. The molecule has 82 valence electrons. The fourth-order valence-corrected chi connectivity index (χ4v) is 0.437. The smallest absolute Gasteiger partial charge is 0.431 e. The Morgan fingerprint density at radius 1 is 0.929 bits per heavy atom. The van der Waals surface area contributed by atoms with E-state index in [1.54, 1.807) is 27.7 Å². The first-order valence-electron chi connectivity index (χ1n) is 4.17. The summed E-state index contributed by atoms with van der Waals surface area (Å²) >= 11 is 0. The van der Waals surface area contributed by atoms with Crippen LogP contribution in [0, 0.1) is 0 Å². The molecule has 0 aromatic heterocycles. The lowest BCUT2D eigenvalue weighted by atomic mass is 10.5. The minimum Gasteiger partial charge on any atom is -0.431 e. The van der Waals surface area contributed by atoms with Crippen LogP contribution in [0.3, 0.4) is 0 Å². The molecule has 0 amide bonds. The topological polar surface area (TPSA) is 71.1 Å². The third-order valence-corrected chi connectivity index (χ3v) is 0.807. The highest BCUT2D eigenvalue weighted by molar-refractivity contribution is 5.76. The van der Waals surface area contributed by atoms with Crippen LogP contribution < -0.4 is 0 Å². The van der Waals surface area contributed by atoms with Gasteiger partial charge in [-0.05, 0) is 27.7 Å². The maximum atomic E-state index is 10.7. The lowest BCUT2D eigenvalue weighted by Crippen LogP contribution is -2.19. The second-order valence-corrected chi connectivity index (χ2v) is 3.00. The first-order valence-corrected chi connectivity index (χ1v) is 4.17. The fraction of sp³-hybridized carbons (Fsp3) is 0.750. The maximum Gasteiger partial charge on any atom is 0.550 e. The van der Waals surface area contributed by atoms with E-state index in [9.17, 15) is 9.59 Å². The minimum absolute atomic E-state index is 0.302. The Morgan fingerprint density at radius 2 is 1.50 bits per heavy atom. The van der Waals surface area contributed by atoms with Crippen molar-refractivity contribution in [2.45, 2.75) is 39.9 Å². The summed E-state index contributed by atoms with van der Waals surface area (Å²) in [5.41, 5.74) is 0. The van der Waals surface area contributed by atoms with Gasteiger partial charge in [0, 0.05) is 0 Å². The summed E-state index contributed by atoms with van der Waals surface area (Å²) in [6.07, 6.45) is -3.02. The molecule has 0 unspecified atom stereocenters. The molecular weight excluding hydrogens is 192 g/mol. The molecule has 0 aromatic carbocycles. The van der Waals surface area contributed by atoms with Crippen molar-refractivity contribution in [3.8, 4) is 0 Å². The molecule has 0 N–H and O–H groups in total. The molecule has 0 aliphatic heterocycles. The number of rotatable bonds is 3. The van der Waals surface area contributed by atoms with E-state index in [1.165, 1.54) is 0 Å². The van der Waals surface area contributed by atoms with E-state index >= 15 is 0 Å². The van der Waals surface area contributed by atoms with E-state index in [0.29, 0.717) is 0 Å². The van der Waals surface area contributed by atoms with Gasteiger partial charge in [0.15, 0.2) is 0 Å². The fourth-order valence-electron chi connectivity index (χ4n) is 0.437. The average Bonchev–Trinajstić information content (AvgIpc) is 1.98. The zero-order valence-electron chi connectivity index (χ0n) is 8.60. The van der Waals surface area contributed by atoms with Gasteiger partial charge >= 0.3 is 12.3 Å². The molecule has 0 saturated carbocycles. The van der Waals surface area contributed by atoms with Gasteiger partial charge in [-0.1, -0.05) is 0 Å². The molecule has 0 spiro atoms. The normalized spacial score (nSPS) is 10.1. The van der Waals surface area contributed by atoms with E-state index in [4.69, 9.17) is 0 Å². The van der Waals surface area contributed by atoms with Gasteiger partial charge in [0.2, 0.25) is 0 Å². The highest BCUT2D eigenvalue weighted by Gasteiger charge is 2.15. The van der Waals surface area contributed by atoms with Gasteiger partial charge in [-0.2, -0.15) is 4.89 Å². The summed E-state index contributed by atoms with van der Waals surface area (Å²) in [7, 11) is 0. The summed E-state index contributed by atoms with van der Waals surface area (Å²) < 4.78 is 8.57. The van der Waals surface area contributed by atoms with Crippen molar-refractivity contribution in [3.05, 3.63) is 0 Å². The van der Waals surface area contributed by atoms with Crippen molar-refractivity contribution < 1.29 is 28.8 Å². The Morgan fingerprint density at radius 3 is 1.93 bits per heavy atom. The Labute approximate surface area is 82.0 Å². The van der Waals surface area contributed by atoms with Crippen molar-refractivity contribution in [3.63, 3.8) is 0 Å². The van der Waals surface area contributed by atoms with Gasteiger partial charge in [0.25, 0.3) is 0 Å². The first-order chi connectivity index (χ1) is 6.41. The Kier molecular flexibility index (Phi) is 5.62. The lowest BCUT2D eigenvalue weighted by molar-refractivity contribution is -0.275. The summed E-state index contributed by atoms with van der Waals surface area (Å²) in [6.45, 7) is 6.55. The van der Waals surface area contributed by atoms with Gasteiger partial charge < -0.3 is 9.47 Å². The third kappa shape index (κ3) is 7.35. The standard InChI is InChI=1S/C8H14O6/c1-5(2)11-7(9)12-8(10)14-13-6(3)4/h5-6H,1-4H3. The molecule has 14 heavy (non-hydrogen) atoms. The predicted molar refractivity (Wildman–Crippen MR) is 45.4 cm³/mol. The van der Waals surface area contributed by atoms with E-state index in [-0.39, 0.29) is 12.2 Å². The molecule has 6 heteroatoms. The zero-order valence-corrected chi connectivity index (χ0v) is 8.60. The second kappa shape index (κ2) is 6.20. The van der Waals surface area contributed by atoms with Crippen LogP contribution in [0.15, 0.2) is 0 Å². The van der Waals surface area contributed by atoms with Crippen LogP contribution in [-0.2, 0) is 19.2 Å². The summed E-state index contributed by atoms with van der Waals surface area (Å²) in [6, 6.07) is 0. The van der Waals surface area contributed by atoms with Gasteiger partial charge in [0.05, 0.1) is 12.2 Å². The molecule has 0 radical (unpaired) electrons. The van der Waals surface area contributed by atoms with Crippen LogP contribution in [0.2, 0.25) is 0 Å². The van der Waals surface area contributed by atoms with E-state index < -0.39 is 12.3 Å². The maximum absolute atomic E-state index is 10.7. The SMILES string of the molecule is CC(C)OOC(=O)OC(=O)OC(C)C. The predicted octanol–water partition coefficient (Wildman–Crippen LogP) is 2.02. The molecule has 0 aliphatic carbocycles. The minimum atomic E-state index is -1.25. The number of carbonyl (C=O) groups excluding carboxylic acids is 2. The third-order valence-electron chi connectivity index (χ3n) is 0.807. The Hall–Kier alpha value is -1.30. The summed E-state index contributed by atoms with van der Waals surface area (Å²) in [5, 5.41) is 0. The average molecular weight is 206 g/mol. The molecule has 0 fully saturated rings. The largest absolute Gasteiger partial charge is 0.550 e. The van der Waals surface area contributed by atoms with Crippen LogP contribution in [0.1, 0.15) is 27.7 Å². The van der Waals surface area contributed by atoms with Crippen LogP contribution in [0.4, 0.5) is 9.59 Å². The van der Waals surface area contributed by atoms with E-state index in [0.717, 1.165) is 0 Å². The Balaban J connectivity index is 3.66. The number of hydrogen-bond donors (Lipinski definition) is 0. The molecular formula is C8H14O6. The molecule has 0 saturated heterocycles. The van der Waals surface area contributed by atoms with E-state index in [1.807, 2.05) is 0 Å². The molecule has 0 bridgehead atoms. The highest BCUT2D eigenvalue weighted by atomic mass is 17.2. The van der Waals surface area contributed by atoms with Crippen molar-refractivity contribution in [2.24, 2.45) is 0 Å². The van der Waals surface area contributed by atoms with Gasteiger partial charge in [-0.25, -0.2) is 9.59 Å². The second-order valence-electron chi connectivity index (χ2n) is 3.00. The molecule has 0 aromatic rings. The van der Waals surface area contributed by atoms with Crippen molar-refractivity contribution in [2.75, 3.05) is 0 Å². The zero-order chi connectivity index (χ0) is 11.1. The van der Waals surface area contributed by atoms with Crippen LogP contribution >= 0.6 is 0 Å². The van der Waals surface area contributed by atoms with Crippen LogP contribution in [0.25, 0.3) is 0 Å². The Bertz CT molecular complexity index is 198. The van der Waals surface area contributed by atoms with Crippen LogP contribution in [-0.4, -0.2) is 24.5 Å². The number of hydrogen-bond acceptors (Lipinski definition) is 6. The quantitative estimate of drug-likeness (QED) is 0.304. The number of ether oxygens (including phenoxy) is 2. The van der Waals surface area contributed by atoms with Crippen molar-refractivity contribution in [1.82, 2.24) is 0 Å². The van der Waals surface area contributed by atoms with E-state index in [2.05, 4.69) is 19.2 Å². The van der Waals surface area contributed by atoms with Crippen molar-refractivity contribution >= 4 is 12.3 Å². The highest BCUT2D eigenvalue weighted by Crippen LogP contribution is 1.97. The van der Waals surface area contributed by atoms with Gasteiger partial charge in [-0.15, -0.1) is 0 Å². The van der Waals surface area contributed by atoms with Crippen LogP contribution in [0.5, 0.6) is 0 Å².